The van der Waals surface area contributed by atoms with E-state index in [1.165, 1.54) is 24.0 Å². The summed E-state index contributed by atoms with van der Waals surface area (Å²) < 4.78 is 11.3. The van der Waals surface area contributed by atoms with Crippen molar-refractivity contribution in [2.24, 2.45) is 4.99 Å². The molecule has 1 atom stereocenters. The Morgan fingerprint density at radius 2 is 2.15 bits per heavy atom. The van der Waals surface area contributed by atoms with Gasteiger partial charge in [0.05, 0.1) is 19.8 Å². The fraction of sp³-hybridized carbons (Fsp3) is 0.667. The van der Waals surface area contributed by atoms with Gasteiger partial charge in [0.2, 0.25) is 0 Å². The molecule has 2 aliphatic rings. The van der Waals surface area contributed by atoms with E-state index in [4.69, 9.17) is 9.47 Å². The van der Waals surface area contributed by atoms with Gasteiger partial charge in [-0.05, 0) is 30.9 Å². The molecule has 0 spiro atoms. The predicted molar refractivity (Wildman–Crippen MR) is 109 cm³/mol. The van der Waals surface area contributed by atoms with Crippen molar-refractivity contribution in [1.29, 1.82) is 0 Å². The summed E-state index contributed by atoms with van der Waals surface area (Å²) >= 11 is 0. The molecule has 0 amide bonds. The normalized spacial score (nSPS) is 21.0. The highest BCUT2D eigenvalue weighted by atomic mass is 16.5. The second kappa shape index (κ2) is 10.1. The highest BCUT2D eigenvalue weighted by Crippen LogP contribution is 2.26. The van der Waals surface area contributed by atoms with Crippen molar-refractivity contribution in [2.75, 3.05) is 60.1 Å². The predicted octanol–water partition coefficient (Wildman–Crippen LogP) is 2.05. The molecule has 1 unspecified atom stereocenters. The Morgan fingerprint density at radius 3 is 2.85 bits per heavy atom. The summed E-state index contributed by atoms with van der Waals surface area (Å²) in [6, 6.07) is 9.23. The highest BCUT2D eigenvalue weighted by Gasteiger charge is 2.29. The molecule has 1 N–H and O–H groups in total. The Hall–Kier alpha value is -1.63. The third-order valence-corrected chi connectivity index (χ3v) is 5.44. The van der Waals surface area contributed by atoms with E-state index in [-0.39, 0.29) is 6.10 Å². The molecular formula is C21H34N4O2. The minimum absolute atomic E-state index is 0.100. The van der Waals surface area contributed by atoms with Gasteiger partial charge in [0, 0.05) is 46.4 Å². The maximum atomic E-state index is 6.05. The third kappa shape index (κ3) is 5.67. The average molecular weight is 375 g/mol. The lowest BCUT2D eigenvalue weighted by Crippen LogP contribution is -2.49. The Kier molecular flexibility index (Phi) is 7.50. The van der Waals surface area contributed by atoms with Crippen molar-refractivity contribution in [2.45, 2.75) is 31.9 Å². The Morgan fingerprint density at radius 1 is 1.33 bits per heavy atom. The van der Waals surface area contributed by atoms with E-state index in [0.717, 1.165) is 57.9 Å². The van der Waals surface area contributed by atoms with E-state index in [0.29, 0.717) is 0 Å². The highest BCUT2D eigenvalue weighted by molar-refractivity contribution is 5.80. The summed E-state index contributed by atoms with van der Waals surface area (Å²) in [5.41, 5.74) is 2.56. The SMILES string of the molecule is CN=C(NCCN(CCOC)C1CC1)N1CCOC(c2ccccc2C)C1. The van der Waals surface area contributed by atoms with E-state index in [2.05, 4.69) is 51.3 Å². The van der Waals surface area contributed by atoms with Gasteiger partial charge in [-0.1, -0.05) is 24.3 Å². The Bertz CT molecular complexity index is 618. The van der Waals surface area contributed by atoms with Crippen LogP contribution in [0.25, 0.3) is 0 Å². The number of rotatable bonds is 8. The topological polar surface area (TPSA) is 49.3 Å². The number of aryl methyl sites for hydroxylation is 1. The fourth-order valence-electron chi connectivity index (χ4n) is 3.75. The van der Waals surface area contributed by atoms with E-state index < -0.39 is 0 Å². The van der Waals surface area contributed by atoms with Gasteiger partial charge in [-0.25, -0.2) is 0 Å². The van der Waals surface area contributed by atoms with Gasteiger partial charge in [0.25, 0.3) is 0 Å². The first-order chi connectivity index (χ1) is 13.2. The lowest BCUT2D eigenvalue weighted by molar-refractivity contribution is -0.00834. The quantitative estimate of drug-likeness (QED) is 0.558. The van der Waals surface area contributed by atoms with Crippen molar-refractivity contribution in [3.63, 3.8) is 0 Å². The zero-order valence-electron chi connectivity index (χ0n) is 17.0. The van der Waals surface area contributed by atoms with Crippen molar-refractivity contribution in [1.82, 2.24) is 15.1 Å². The molecule has 1 aromatic carbocycles. The number of ether oxygens (including phenoxy) is 2. The maximum absolute atomic E-state index is 6.05. The van der Waals surface area contributed by atoms with Crippen LogP contribution in [0.1, 0.15) is 30.1 Å². The molecule has 2 fully saturated rings. The second-order valence-corrected chi connectivity index (χ2v) is 7.40. The van der Waals surface area contributed by atoms with Crippen LogP contribution in [0.2, 0.25) is 0 Å². The van der Waals surface area contributed by atoms with Crippen LogP contribution in [0.4, 0.5) is 0 Å². The van der Waals surface area contributed by atoms with Gasteiger partial charge in [-0.15, -0.1) is 0 Å². The summed E-state index contributed by atoms with van der Waals surface area (Å²) in [7, 11) is 3.64. The molecule has 150 valence electrons. The zero-order chi connectivity index (χ0) is 19.1. The second-order valence-electron chi connectivity index (χ2n) is 7.40. The summed E-state index contributed by atoms with van der Waals surface area (Å²) in [5.74, 6) is 0.972. The number of methoxy groups -OCH3 is 1. The van der Waals surface area contributed by atoms with Crippen molar-refractivity contribution in [3.05, 3.63) is 35.4 Å². The van der Waals surface area contributed by atoms with Crippen LogP contribution in [0, 0.1) is 6.92 Å². The largest absolute Gasteiger partial charge is 0.383 e. The van der Waals surface area contributed by atoms with Crippen LogP contribution in [0.5, 0.6) is 0 Å². The molecule has 1 aliphatic carbocycles. The molecule has 27 heavy (non-hydrogen) atoms. The maximum Gasteiger partial charge on any atom is 0.193 e. The molecule has 0 aromatic heterocycles. The Labute approximate surface area is 163 Å². The molecular weight excluding hydrogens is 340 g/mol. The van der Waals surface area contributed by atoms with Crippen LogP contribution in [-0.4, -0.2) is 81.9 Å². The first kappa shape index (κ1) is 20.1. The molecule has 1 saturated heterocycles. The number of benzene rings is 1. The third-order valence-electron chi connectivity index (χ3n) is 5.44. The first-order valence-corrected chi connectivity index (χ1v) is 10.1. The fourth-order valence-corrected chi connectivity index (χ4v) is 3.75. The van der Waals surface area contributed by atoms with E-state index >= 15 is 0 Å². The van der Waals surface area contributed by atoms with Crippen molar-refractivity contribution < 1.29 is 9.47 Å². The minimum Gasteiger partial charge on any atom is -0.383 e. The number of hydrogen-bond acceptors (Lipinski definition) is 4. The lowest BCUT2D eigenvalue weighted by atomic mass is 10.0. The molecule has 6 nitrogen and oxygen atoms in total. The first-order valence-electron chi connectivity index (χ1n) is 10.1. The van der Waals surface area contributed by atoms with Gasteiger partial charge >= 0.3 is 0 Å². The molecule has 0 radical (unpaired) electrons. The summed E-state index contributed by atoms with van der Waals surface area (Å²) in [6.45, 7) is 8.32. The van der Waals surface area contributed by atoms with E-state index in [1.807, 2.05) is 7.05 Å². The molecule has 1 heterocycles. The van der Waals surface area contributed by atoms with E-state index in [9.17, 15) is 0 Å². The molecule has 1 aliphatic heterocycles. The molecule has 3 rings (SSSR count). The van der Waals surface area contributed by atoms with Crippen molar-refractivity contribution in [3.8, 4) is 0 Å². The molecule has 1 aromatic rings. The smallest absolute Gasteiger partial charge is 0.193 e. The summed E-state index contributed by atoms with van der Waals surface area (Å²) in [5, 5.41) is 3.55. The summed E-state index contributed by atoms with van der Waals surface area (Å²) in [6.07, 6.45) is 2.74. The number of nitrogens with zero attached hydrogens (tertiary/aromatic N) is 3. The van der Waals surface area contributed by atoms with Crippen LogP contribution >= 0.6 is 0 Å². The van der Waals surface area contributed by atoms with Gasteiger partial charge in [-0.3, -0.25) is 9.89 Å². The average Bonchev–Trinajstić information content (AvgIpc) is 3.53. The standard InChI is InChI=1S/C21H34N4O2/c1-17-6-4-5-7-19(17)20-16-25(13-15-27-20)21(22-2)23-10-11-24(12-14-26-3)18-8-9-18/h4-7,18,20H,8-16H2,1-3H3,(H,22,23). The van der Waals surface area contributed by atoms with Crippen LogP contribution < -0.4 is 5.32 Å². The molecule has 6 heteroatoms. The lowest BCUT2D eigenvalue weighted by Gasteiger charge is -2.36. The molecule has 1 saturated carbocycles. The Balaban J connectivity index is 1.51. The van der Waals surface area contributed by atoms with Gasteiger partial charge in [0.15, 0.2) is 5.96 Å². The number of morpholine rings is 1. The number of aliphatic imine (C=N–C) groups is 1. The van der Waals surface area contributed by atoms with Crippen LogP contribution in [0.3, 0.4) is 0 Å². The number of nitrogens with one attached hydrogen (secondary N) is 1. The van der Waals surface area contributed by atoms with Crippen LogP contribution in [0.15, 0.2) is 29.3 Å². The summed E-state index contributed by atoms with van der Waals surface area (Å²) in [4.78, 5) is 9.36. The monoisotopic (exact) mass is 374 g/mol. The number of guanidine groups is 1. The van der Waals surface area contributed by atoms with E-state index in [1.54, 1.807) is 7.11 Å². The van der Waals surface area contributed by atoms with Crippen molar-refractivity contribution >= 4 is 5.96 Å². The van der Waals surface area contributed by atoms with Crippen LogP contribution in [-0.2, 0) is 9.47 Å². The zero-order valence-corrected chi connectivity index (χ0v) is 17.0. The van der Waals surface area contributed by atoms with Gasteiger partial charge in [0.1, 0.15) is 6.10 Å². The molecule has 0 bridgehead atoms. The van der Waals surface area contributed by atoms with Gasteiger partial charge < -0.3 is 19.7 Å². The minimum atomic E-state index is 0.100. The number of hydrogen-bond donors (Lipinski definition) is 1. The van der Waals surface area contributed by atoms with Gasteiger partial charge in [-0.2, -0.15) is 0 Å².